The number of carbonyl (C=O) groups excluding carboxylic acids is 2. The summed E-state index contributed by atoms with van der Waals surface area (Å²) in [7, 11) is 0. The fourth-order valence-electron chi connectivity index (χ4n) is 2.59. The number of nitrogens with zero attached hydrogens (tertiary/aromatic N) is 2. The van der Waals surface area contributed by atoms with Gasteiger partial charge in [-0.1, -0.05) is 0 Å². The summed E-state index contributed by atoms with van der Waals surface area (Å²) in [4.78, 5) is 29.6. The minimum atomic E-state index is -0.299. The lowest BCUT2D eigenvalue weighted by molar-refractivity contribution is -0.123. The summed E-state index contributed by atoms with van der Waals surface area (Å²) in [5, 5.41) is 8.72. The average molecular weight is 289 g/mol. The molecule has 21 heavy (non-hydrogen) atoms. The van der Waals surface area contributed by atoms with Crippen molar-refractivity contribution in [2.45, 2.75) is 6.42 Å². The summed E-state index contributed by atoms with van der Waals surface area (Å²) >= 11 is 0. The molecule has 1 atom stereocenters. The van der Waals surface area contributed by atoms with Gasteiger partial charge in [0, 0.05) is 39.1 Å². The first kappa shape index (κ1) is 13.8. The molecule has 0 aliphatic carbocycles. The number of hydrogen-bond acceptors (Lipinski definition) is 5. The number of anilines is 2. The first-order valence-electron chi connectivity index (χ1n) is 7.21. The molecule has 7 heteroatoms. The predicted molar refractivity (Wildman–Crippen MR) is 79.1 cm³/mol. The Balaban J connectivity index is 1.59. The van der Waals surface area contributed by atoms with Crippen LogP contribution in [0.25, 0.3) is 0 Å². The van der Waals surface area contributed by atoms with Gasteiger partial charge in [-0.15, -0.1) is 0 Å². The van der Waals surface area contributed by atoms with Crippen molar-refractivity contribution in [3.05, 3.63) is 18.3 Å². The van der Waals surface area contributed by atoms with Gasteiger partial charge in [0.15, 0.2) is 0 Å². The average Bonchev–Trinajstić information content (AvgIpc) is 2.96. The zero-order valence-corrected chi connectivity index (χ0v) is 11.8. The van der Waals surface area contributed by atoms with Crippen LogP contribution in [0.4, 0.5) is 11.5 Å². The van der Waals surface area contributed by atoms with E-state index in [0.717, 1.165) is 31.9 Å². The third-order valence-electron chi connectivity index (χ3n) is 3.83. The highest BCUT2D eigenvalue weighted by Gasteiger charge is 2.28. The number of carbonyl (C=O) groups is 2. The quantitative estimate of drug-likeness (QED) is 0.703. The molecule has 0 aromatic carbocycles. The largest absolute Gasteiger partial charge is 0.368 e. The van der Waals surface area contributed by atoms with E-state index in [4.69, 9.17) is 0 Å². The van der Waals surface area contributed by atoms with Crippen LogP contribution >= 0.6 is 0 Å². The Hall–Kier alpha value is -2.15. The molecule has 1 unspecified atom stereocenters. The van der Waals surface area contributed by atoms with Gasteiger partial charge in [-0.2, -0.15) is 0 Å². The Bertz CT molecular complexity index is 525. The topological polar surface area (TPSA) is 86.4 Å². The number of pyridine rings is 1. The highest BCUT2D eigenvalue weighted by atomic mass is 16.2. The Kier molecular flexibility index (Phi) is 4.01. The van der Waals surface area contributed by atoms with Crippen LogP contribution in [0.15, 0.2) is 18.3 Å². The van der Waals surface area contributed by atoms with Crippen molar-refractivity contribution in [2.24, 2.45) is 5.92 Å². The van der Waals surface area contributed by atoms with Crippen LogP contribution in [0, 0.1) is 5.92 Å². The SMILES string of the molecule is O=C1CC(C(=O)Nc2ccc(N3CCNCC3)cn2)CN1. The van der Waals surface area contributed by atoms with Gasteiger partial charge in [-0.05, 0) is 12.1 Å². The molecule has 3 rings (SSSR count). The van der Waals surface area contributed by atoms with Crippen LogP contribution in [-0.2, 0) is 9.59 Å². The highest BCUT2D eigenvalue weighted by Crippen LogP contribution is 2.17. The van der Waals surface area contributed by atoms with Crippen molar-refractivity contribution in [1.29, 1.82) is 0 Å². The minimum Gasteiger partial charge on any atom is -0.368 e. The Labute approximate surface area is 123 Å². The molecule has 0 saturated carbocycles. The van der Waals surface area contributed by atoms with E-state index < -0.39 is 0 Å². The van der Waals surface area contributed by atoms with Crippen LogP contribution in [0.3, 0.4) is 0 Å². The standard InChI is InChI=1S/C14H19N5O2/c20-13-7-10(8-17-13)14(21)18-12-2-1-11(9-16-12)19-5-3-15-4-6-19/h1-2,9-10,15H,3-8H2,(H,17,20)(H,16,18,21). The molecule has 1 aromatic heterocycles. The molecule has 3 heterocycles. The lowest BCUT2D eigenvalue weighted by atomic mass is 10.1. The summed E-state index contributed by atoms with van der Waals surface area (Å²) < 4.78 is 0. The van der Waals surface area contributed by atoms with Crippen molar-refractivity contribution >= 4 is 23.3 Å². The van der Waals surface area contributed by atoms with E-state index in [1.54, 1.807) is 12.3 Å². The molecule has 2 saturated heterocycles. The first-order valence-corrected chi connectivity index (χ1v) is 7.21. The molecule has 2 aliphatic heterocycles. The molecule has 2 amide bonds. The molecule has 112 valence electrons. The fourth-order valence-corrected chi connectivity index (χ4v) is 2.59. The zero-order valence-electron chi connectivity index (χ0n) is 11.8. The second kappa shape index (κ2) is 6.09. The van der Waals surface area contributed by atoms with Crippen molar-refractivity contribution in [3.63, 3.8) is 0 Å². The van der Waals surface area contributed by atoms with Gasteiger partial charge < -0.3 is 20.9 Å². The molecule has 7 nitrogen and oxygen atoms in total. The van der Waals surface area contributed by atoms with Crippen molar-refractivity contribution < 1.29 is 9.59 Å². The number of hydrogen-bond donors (Lipinski definition) is 3. The predicted octanol–water partition coefficient (Wildman–Crippen LogP) is -0.434. The van der Waals surface area contributed by atoms with E-state index in [1.165, 1.54) is 0 Å². The minimum absolute atomic E-state index is 0.0721. The van der Waals surface area contributed by atoms with Gasteiger partial charge in [-0.3, -0.25) is 9.59 Å². The molecular formula is C14H19N5O2. The van der Waals surface area contributed by atoms with E-state index in [1.807, 2.05) is 6.07 Å². The molecule has 0 bridgehead atoms. The van der Waals surface area contributed by atoms with Crippen LogP contribution in [-0.4, -0.2) is 49.5 Å². The van der Waals surface area contributed by atoms with Crippen LogP contribution in [0.5, 0.6) is 0 Å². The first-order chi connectivity index (χ1) is 10.2. The molecular weight excluding hydrogens is 270 g/mol. The fraction of sp³-hybridized carbons (Fsp3) is 0.500. The normalized spacial score (nSPS) is 22.0. The maximum absolute atomic E-state index is 12.0. The summed E-state index contributed by atoms with van der Waals surface area (Å²) in [6, 6.07) is 3.77. The third kappa shape index (κ3) is 3.30. The van der Waals surface area contributed by atoms with Gasteiger partial charge >= 0.3 is 0 Å². The van der Waals surface area contributed by atoms with Crippen molar-refractivity contribution in [2.75, 3.05) is 42.9 Å². The molecule has 1 aromatic rings. The van der Waals surface area contributed by atoms with Crippen molar-refractivity contribution in [3.8, 4) is 0 Å². The number of amides is 2. The molecule has 0 spiro atoms. The molecule has 0 radical (unpaired) electrons. The van der Waals surface area contributed by atoms with Gasteiger partial charge in [-0.25, -0.2) is 4.98 Å². The summed E-state index contributed by atoms with van der Waals surface area (Å²) in [6.45, 7) is 4.28. The zero-order chi connectivity index (χ0) is 14.7. The Morgan fingerprint density at radius 3 is 2.76 bits per heavy atom. The van der Waals surface area contributed by atoms with Crippen LogP contribution in [0.1, 0.15) is 6.42 Å². The third-order valence-corrected chi connectivity index (χ3v) is 3.83. The van der Waals surface area contributed by atoms with Crippen LogP contribution < -0.4 is 20.9 Å². The molecule has 2 aliphatic rings. The van der Waals surface area contributed by atoms with Gasteiger partial charge in [0.05, 0.1) is 17.8 Å². The maximum Gasteiger partial charge on any atom is 0.230 e. The number of piperazine rings is 1. The Morgan fingerprint density at radius 1 is 1.33 bits per heavy atom. The number of rotatable bonds is 3. The monoisotopic (exact) mass is 289 g/mol. The smallest absolute Gasteiger partial charge is 0.230 e. The lowest BCUT2D eigenvalue weighted by Crippen LogP contribution is -2.43. The van der Waals surface area contributed by atoms with Gasteiger partial charge in [0.1, 0.15) is 5.82 Å². The number of nitrogens with one attached hydrogen (secondary N) is 3. The highest BCUT2D eigenvalue weighted by molar-refractivity contribution is 5.96. The Morgan fingerprint density at radius 2 is 2.14 bits per heavy atom. The van der Waals surface area contributed by atoms with E-state index in [9.17, 15) is 9.59 Å². The van der Waals surface area contributed by atoms with E-state index in [-0.39, 0.29) is 24.2 Å². The van der Waals surface area contributed by atoms with Crippen molar-refractivity contribution in [1.82, 2.24) is 15.6 Å². The van der Waals surface area contributed by atoms with E-state index in [2.05, 4.69) is 25.8 Å². The molecule has 2 fully saturated rings. The second-order valence-electron chi connectivity index (χ2n) is 5.33. The van der Waals surface area contributed by atoms with Gasteiger partial charge in [0.2, 0.25) is 11.8 Å². The summed E-state index contributed by atoms with van der Waals surface area (Å²) in [6.07, 6.45) is 2.03. The van der Waals surface area contributed by atoms with Crippen LogP contribution in [0.2, 0.25) is 0 Å². The number of aromatic nitrogens is 1. The second-order valence-corrected chi connectivity index (χ2v) is 5.33. The van der Waals surface area contributed by atoms with E-state index >= 15 is 0 Å². The summed E-state index contributed by atoms with van der Waals surface area (Å²) in [5.74, 6) is -0.00156. The van der Waals surface area contributed by atoms with E-state index in [0.29, 0.717) is 12.4 Å². The summed E-state index contributed by atoms with van der Waals surface area (Å²) in [5.41, 5.74) is 1.06. The molecule has 3 N–H and O–H groups in total. The van der Waals surface area contributed by atoms with Gasteiger partial charge in [0.25, 0.3) is 0 Å². The lowest BCUT2D eigenvalue weighted by Gasteiger charge is -2.29. The maximum atomic E-state index is 12.0.